The first-order chi connectivity index (χ1) is 32.4. The number of hydrogen-bond acceptors (Lipinski definition) is 9. The van der Waals surface area contributed by atoms with Crippen LogP contribution >= 0.6 is 0 Å². The first kappa shape index (κ1) is 45.0. The van der Waals surface area contributed by atoms with Gasteiger partial charge in [0.25, 0.3) is 0 Å². The van der Waals surface area contributed by atoms with Gasteiger partial charge in [-0.2, -0.15) is 0 Å². The number of fused-ring (bicyclic) bond motifs is 2. The van der Waals surface area contributed by atoms with Crippen molar-refractivity contribution in [1.82, 2.24) is 14.9 Å². The van der Waals surface area contributed by atoms with E-state index in [9.17, 15) is 24.6 Å². The lowest BCUT2D eigenvalue weighted by Crippen LogP contribution is -2.36. The van der Waals surface area contributed by atoms with Crippen LogP contribution in [0.15, 0.2) is 133 Å². The monoisotopic (exact) mass is 898 g/mol. The van der Waals surface area contributed by atoms with Crippen LogP contribution < -0.4 is 15.0 Å². The summed E-state index contributed by atoms with van der Waals surface area (Å²) in [6.45, 7) is 6.16. The Balaban J connectivity index is 1.27. The predicted octanol–water partition coefficient (Wildman–Crippen LogP) is 9.85. The lowest BCUT2D eigenvalue weighted by atomic mass is 9.61. The number of carbonyl (C=O) groups is 3. The van der Waals surface area contributed by atoms with Gasteiger partial charge in [0.15, 0.2) is 11.5 Å². The number of aromatic nitrogens is 2. The van der Waals surface area contributed by atoms with Gasteiger partial charge in [0, 0.05) is 92.6 Å². The minimum absolute atomic E-state index is 0.0119. The number of benzene rings is 3. The molecule has 5 aromatic rings. The van der Waals surface area contributed by atoms with Crippen LogP contribution in [-0.2, 0) is 25.5 Å². The molecule has 1 spiro atoms. The number of carbonyl (C=O) groups excluding carboxylic acids is 3. The highest BCUT2D eigenvalue weighted by Crippen LogP contribution is 2.51. The van der Waals surface area contributed by atoms with E-state index in [-0.39, 0.29) is 59.4 Å². The van der Waals surface area contributed by atoms with Gasteiger partial charge in [0.1, 0.15) is 29.2 Å². The van der Waals surface area contributed by atoms with E-state index < -0.39 is 23.5 Å². The molecule has 4 aliphatic rings. The zero-order valence-electron chi connectivity index (χ0n) is 38.6. The third-order valence-electron chi connectivity index (χ3n) is 14.3. The van der Waals surface area contributed by atoms with Crippen LogP contribution in [0.3, 0.4) is 0 Å². The summed E-state index contributed by atoms with van der Waals surface area (Å²) in [5.41, 5.74) is 6.60. The highest BCUT2D eigenvalue weighted by atomic mass is 16.5. The van der Waals surface area contributed by atoms with E-state index in [1.54, 1.807) is 25.1 Å². The average Bonchev–Trinajstić information content (AvgIpc) is 3.96. The summed E-state index contributed by atoms with van der Waals surface area (Å²) in [6, 6.07) is 18.2. The number of esters is 1. The number of ketones is 2. The number of rotatable bonds is 7. The second-order valence-corrected chi connectivity index (χ2v) is 18.6. The molecule has 11 heteroatoms. The summed E-state index contributed by atoms with van der Waals surface area (Å²) in [7, 11) is 1.50. The predicted molar refractivity (Wildman–Crippen MR) is 260 cm³/mol. The molecule has 2 aromatic heterocycles. The van der Waals surface area contributed by atoms with Gasteiger partial charge in [-0.1, -0.05) is 79.0 Å². The summed E-state index contributed by atoms with van der Waals surface area (Å²) in [5.74, 6) is 7.73. The standard InChI is InChI=1S/C56H58N4O7/c1-35-9-5-12-43-13-8-15-47-48-32-57-31-42(48)30-56(35,43)22-19-46(67-37(3)62)28-45(64)29-51(38-17-18-52(65)53(26-38)66-4)59-33-41-11-7-16-50(49(41)34-59)60(24-21-36(2)61)54-27-40(20-23-58-54)55(47)39-10-6-14-44(63)25-39/h5-7,9-12,14,16-18,20,25-27,31-35,46-47,51,55,57-58,63,65H,13,19,21-24,28-30H2,1-4H3/t35-,46-,47+,51+,55-,56-/m1/s1. The van der Waals surface area contributed by atoms with Gasteiger partial charge in [0.05, 0.1) is 24.8 Å². The number of H-pyrrole nitrogens is 1. The molecule has 4 N–H and O–H groups in total. The van der Waals surface area contributed by atoms with Crippen molar-refractivity contribution in [3.8, 4) is 29.1 Å². The van der Waals surface area contributed by atoms with Crippen LogP contribution in [0, 0.1) is 23.2 Å². The highest BCUT2D eigenvalue weighted by Gasteiger charge is 2.43. The van der Waals surface area contributed by atoms with Crippen molar-refractivity contribution in [1.29, 1.82) is 0 Å². The molecule has 0 amide bonds. The second-order valence-electron chi connectivity index (χ2n) is 18.6. The molecule has 67 heavy (non-hydrogen) atoms. The van der Waals surface area contributed by atoms with E-state index in [1.807, 2.05) is 47.3 Å². The number of dihydropyridines is 1. The van der Waals surface area contributed by atoms with Crippen molar-refractivity contribution >= 4 is 34.0 Å². The first-order valence-corrected chi connectivity index (χ1v) is 23.3. The van der Waals surface area contributed by atoms with E-state index in [0.29, 0.717) is 45.2 Å². The Morgan fingerprint density at radius 3 is 2.66 bits per heavy atom. The fraction of sp³-hybridized carbons (Fsp3) is 0.339. The Morgan fingerprint density at radius 1 is 1.00 bits per heavy atom. The molecule has 0 fully saturated rings. The third-order valence-corrected chi connectivity index (χ3v) is 14.3. The molecule has 3 aromatic carbocycles. The lowest BCUT2D eigenvalue weighted by molar-refractivity contribution is -0.148. The van der Waals surface area contributed by atoms with Gasteiger partial charge >= 0.3 is 5.97 Å². The molecule has 0 unspecified atom stereocenters. The first-order valence-electron chi connectivity index (χ1n) is 23.3. The van der Waals surface area contributed by atoms with Crippen LogP contribution in [0.2, 0.25) is 0 Å². The van der Waals surface area contributed by atoms with Crippen LogP contribution in [-0.4, -0.2) is 63.6 Å². The lowest BCUT2D eigenvalue weighted by Gasteiger charge is -2.43. The SMILES string of the molecule is COc1cc([C@@H]2CC(=O)C[C@H](OC(C)=O)CC[C@]34Cc5c[nH]cc5[C@H](C#CCC3=CC=C[C@H]4C)[C@H](c3cccc(O)c3)C3=CCNC(=C3)N(CCC(C)=O)c3cccc4cn2cc34)ccc1O. The molecular formula is C56H58N4O7. The fourth-order valence-electron chi connectivity index (χ4n) is 10.9. The molecule has 0 radical (unpaired) electrons. The van der Waals surface area contributed by atoms with Crippen molar-refractivity contribution in [3.63, 3.8) is 0 Å². The van der Waals surface area contributed by atoms with E-state index >= 15 is 0 Å². The van der Waals surface area contributed by atoms with Crippen molar-refractivity contribution in [2.75, 3.05) is 25.1 Å². The second kappa shape index (κ2) is 19.0. The Bertz CT molecular complexity index is 2920. The number of aromatic hydroxyl groups is 2. The van der Waals surface area contributed by atoms with E-state index in [4.69, 9.17) is 9.47 Å². The number of phenolic OH excluding ortho intramolecular Hbond substituents is 2. The van der Waals surface area contributed by atoms with Crippen LogP contribution in [0.4, 0.5) is 5.69 Å². The van der Waals surface area contributed by atoms with Gasteiger partial charge in [-0.25, -0.2) is 0 Å². The van der Waals surface area contributed by atoms with Gasteiger partial charge in [-0.3, -0.25) is 14.4 Å². The van der Waals surface area contributed by atoms with Gasteiger partial charge < -0.3 is 39.5 Å². The van der Waals surface area contributed by atoms with Gasteiger partial charge in [-0.15, -0.1) is 0 Å². The summed E-state index contributed by atoms with van der Waals surface area (Å²) in [4.78, 5) is 45.9. The normalized spacial score (nSPS) is 24.0. The van der Waals surface area contributed by atoms with Crippen molar-refractivity contribution in [3.05, 3.63) is 155 Å². The zero-order chi connectivity index (χ0) is 46.8. The number of nitrogens with one attached hydrogen (secondary N) is 2. The van der Waals surface area contributed by atoms with Gasteiger partial charge in [-0.05, 0) is 96.3 Å². The average molecular weight is 899 g/mol. The maximum Gasteiger partial charge on any atom is 0.302 e. The summed E-state index contributed by atoms with van der Waals surface area (Å²) >= 11 is 0. The molecule has 6 atom stereocenters. The summed E-state index contributed by atoms with van der Waals surface area (Å²) < 4.78 is 13.6. The number of nitrogens with zero attached hydrogens (tertiary/aromatic N) is 2. The number of aromatic amines is 1. The Kier molecular flexibility index (Phi) is 12.7. The molecule has 4 heterocycles. The fourth-order valence-corrected chi connectivity index (χ4v) is 10.9. The molecule has 11 nitrogen and oxygen atoms in total. The van der Waals surface area contributed by atoms with Crippen molar-refractivity contribution < 1.29 is 34.1 Å². The van der Waals surface area contributed by atoms with Crippen molar-refractivity contribution in [2.45, 2.75) is 89.7 Å². The van der Waals surface area contributed by atoms with Crippen LogP contribution in [0.1, 0.15) is 99.4 Å². The largest absolute Gasteiger partial charge is 0.508 e. The molecule has 6 bridgehead atoms. The van der Waals surface area contributed by atoms with Gasteiger partial charge in [0.2, 0.25) is 0 Å². The molecule has 9 rings (SSSR count). The number of phenols is 2. The minimum Gasteiger partial charge on any atom is -0.508 e. The van der Waals surface area contributed by atoms with Crippen LogP contribution in [0.5, 0.6) is 17.2 Å². The number of methoxy groups -OCH3 is 1. The third kappa shape index (κ3) is 9.18. The molecule has 0 saturated heterocycles. The topological polar surface area (TPSA) is 146 Å². The minimum atomic E-state index is -0.674. The molecule has 344 valence electrons. The number of Topliss-reactive ketones (excluding diaryl/α,β-unsaturated/α-hetero) is 2. The Morgan fingerprint density at radius 2 is 1.85 bits per heavy atom. The van der Waals surface area contributed by atoms with E-state index in [0.717, 1.165) is 50.1 Å². The number of allylic oxidation sites excluding steroid dienone is 6. The van der Waals surface area contributed by atoms with Crippen molar-refractivity contribution in [2.24, 2.45) is 11.3 Å². The quantitative estimate of drug-likeness (QED) is 0.0927. The van der Waals surface area contributed by atoms with Crippen LogP contribution in [0.25, 0.3) is 10.8 Å². The maximum absolute atomic E-state index is 14.6. The Hall–Kier alpha value is -7.19. The molecule has 0 saturated carbocycles. The van der Waals surface area contributed by atoms with E-state index in [1.165, 1.54) is 19.6 Å². The highest BCUT2D eigenvalue weighted by molar-refractivity contribution is 5.95. The molecular weight excluding hydrogens is 841 g/mol. The zero-order valence-corrected chi connectivity index (χ0v) is 38.6. The summed E-state index contributed by atoms with van der Waals surface area (Å²) in [6.07, 6.45) is 21.2. The summed E-state index contributed by atoms with van der Waals surface area (Å²) in [5, 5.41) is 27.2. The smallest absolute Gasteiger partial charge is 0.302 e. The molecule has 2 aliphatic carbocycles. The molecule has 2 aliphatic heterocycles. The number of ether oxygens (including phenoxy) is 2. The van der Waals surface area contributed by atoms with E-state index in [2.05, 4.69) is 88.9 Å². The number of hydrogen-bond donors (Lipinski definition) is 4. The number of anilines is 1. The Labute approximate surface area is 391 Å². The maximum atomic E-state index is 14.6.